The van der Waals surface area contributed by atoms with Crippen molar-refractivity contribution in [3.8, 4) is 0 Å². The summed E-state index contributed by atoms with van der Waals surface area (Å²) in [7, 11) is 1.37. The molecule has 0 aromatic heterocycles. The largest absolute Gasteiger partial charge is 0.368 e. The SMILES string of the molecule is CO[C@H](C(=O)N[C@@H](Cc1ccccc1[N+](=O)[O-])C(N)=O)c1ccccc1. The summed E-state index contributed by atoms with van der Waals surface area (Å²) in [5, 5.41) is 13.6. The van der Waals surface area contributed by atoms with Gasteiger partial charge in [0.1, 0.15) is 6.04 Å². The van der Waals surface area contributed by atoms with E-state index in [0.29, 0.717) is 11.1 Å². The Labute approximate surface area is 150 Å². The topological polar surface area (TPSA) is 125 Å². The Balaban J connectivity index is 2.19. The number of methoxy groups -OCH3 is 1. The number of nitrogens with two attached hydrogens (primary N) is 1. The molecule has 2 amide bonds. The van der Waals surface area contributed by atoms with Gasteiger partial charge >= 0.3 is 0 Å². The quantitative estimate of drug-likeness (QED) is 0.547. The Morgan fingerprint density at radius 2 is 1.77 bits per heavy atom. The average Bonchev–Trinajstić information content (AvgIpc) is 2.63. The number of nitro groups is 1. The summed E-state index contributed by atoms with van der Waals surface area (Å²) >= 11 is 0. The van der Waals surface area contributed by atoms with Gasteiger partial charge in [-0.25, -0.2) is 0 Å². The molecule has 0 aliphatic carbocycles. The summed E-state index contributed by atoms with van der Waals surface area (Å²) in [4.78, 5) is 34.9. The maximum atomic E-state index is 12.5. The molecule has 2 aromatic rings. The summed E-state index contributed by atoms with van der Waals surface area (Å²) in [6.45, 7) is 0. The number of benzene rings is 2. The van der Waals surface area contributed by atoms with Crippen LogP contribution in [0.2, 0.25) is 0 Å². The van der Waals surface area contributed by atoms with Crippen molar-refractivity contribution in [1.29, 1.82) is 0 Å². The lowest BCUT2D eigenvalue weighted by Crippen LogP contribution is -2.47. The third-order valence-electron chi connectivity index (χ3n) is 3.85. The maximum Gasteiger partial charge on any atom is 0.272 e. The predicted molar refractivity (Wildman–Crippen MR) is 94.1 cm³/mol. The van der Waals surface area contributed by atoms with E-state index < -0.39 is 28.9 Å². The van der Waals surface area contributed by atoms with E-state index in [9.17, 15) is 19.7 Å². The molecule has 2 atom stereocenters. The second kappa shape index (κ2) is 8.72. The first kappa shape index (κ1) is 19.1. The smallest absolute Gasteiger partial charge is 0.272 e. The van der Waals surface area contributed by atoms with E-state index in [-0.39, 0.29) is 12.1 Å². The molecule has 3 N–H and O–H groups in total. The number of para-hydroxylation sites is 1. The van der Waals surface area contributed by atoms with Crippen LogP contribution in [-0.4, -0.2) is 29.9 Å². The molecule has 0 spiro atoms. The molecule has 0 heterocycles. The highest BCUT2D eigenvalue weighted by Crippen LogP contribution is 2.20. The molecule has 2 rings (SSSR count). The minimum Gasteiger partial charge on any atom is -0.368 e. The minimum atomic E-state index is -1.11. The minimum absolute atomic E-state index is 0.0938. The molecule has 26 heavy (non-hydrogen) atoms. The summed E-state index contributed by atoms with van der Waals surface area (Å²) in [5.74, 6) is -1.35. The number of hydrogen-bond donors (Lipinski definition) is 2. The fraction of sp³-hybridized carbons (Fsp3) is 0.222. The highest BCUT2D eigenvalue weighted by atomic mass is 16.6. The number of carbonyl (C=O) groups excluding carboxylic acids is 2. The van der Waals surface area contributed by atoms with Crippen molar-refractivity contribution in [2.24, 2.45) is 5.73 Å². The van der Waals surface area contributed by atoms with E-state index >= 15 is 0 Å². The van der Waals surface area contributed by atoms with Crippen molar-refractivity contribution in [3.63, 3.8) is 0 Å². The van der Waals surface area contributed by atoms with Crippen LogP contribution in [0.5, 0.6) is 0 Å². The van der Waals surface area contributed by atoms with Crippen molar-refractivity contribution < 1.29 is 19.2 Å². The Bertz CT molecular complexity index is 794. The number of amides is 2. The molecule has 0 saturated carbocycles. The summed E-state index contributed by atoms with van der Waals surface area (Å²) < 4.78 is 5.22. The van der Waals surface area contributed by atoms with Crippen molar-refractivity contribution >= 4 is 17.5 Å². The molecule has 0 saturated heterocycles. The molecule has 0 radical (unpaired) electrons. The number of primary amides is 1. The number of nitrogens with one attached hydrogen (secondary N) is 1. The van der Waals surface area contributed by atoms with Gasteiger partial charge < -0.3 is 15.8 Å². The van der Waals surface area contributed by atoms with E-state index in [2.05, 4.69) is 5.32 Å². The molecule has 0 aliphatic rings. The molecule has 0 fully saturated rings. The molecule has 8 heteroatoms. The molecule has 2 aromatic carbocycles. The van der Waals surface area contributed by atoms with E-state index in [4.69, 9.17) is 10.5 Å². The van der Waals surface area contributed by atoms with Crippen LogP contribution in [0.3, 0.4) is 0 Å². The van der Waals surface area contributed by atoms with Crippen LogP contribution in [0.15, 0.2) is 54.6 Å². The molecule has 0 bridgehead atoms. The van der Waals surface area contributed by atoms with E-state index in [0.717, 1.165) is 0 Å². The molecular weight excluding hydrogens is 338 g/mol. The van der Waals surface area contributed by atoms with Crippen molar-refractivity contribution in [1.82, 2.24) is 5.32 Å². The number of hydrogen-bond acceptors (Lipinski definition) is 5. The van der Waals surface area contributed by atoms with Crippen LogP contribution in [-0.2, 0) is 20.7 Å². The highest BCUT2D eigenvalue weighted by molar-refractivity contribution is 5.89. The van der Waals surface area contributed by atoms with Gasteiger partial charge in [0.25, 0.3) is 11.6 Å². The number of nitrogens with zero attached hydrogens (tertiary/aromatic N) is 1. The standard InChI is InChI=1S/C18H19N3O5/c1-26-16(12-7-3-2-4-8-12)18(23)20-14(17(19)22)11-13-9-5-6-10-15(13)21(24)25/h2-10,14,16H,11H2,1H3,(H2,19,22)(H,20,23)/t14-,16-/m0/s1. The molecule has 0 aliphatic heterocycles. The van der Waals surface area contributed by atoms with Gasteiger partial charge in [-0.3, -0.25) is 19.7 Å². The van der Waals surface area contributed by atoms with Crippen LogP contribution in [0.1, 0.15) is 17.2 Å². The van der Waals surface area contributed by atoms with E-state index in [1.54, 1.807) is 36.4 Å². The predicted octanol–water partition coefficient (Wildman–Crippen LogP) is 1.50. The Morgan fingerprint density at radius 3 is 2.35 bits per heavy atom. The first-order valence-corrected chi connectivity index (χ1v) is 7.83. The monoisotopic (exact) mass is 357 g/mol. The van der Waals surface area contributed by atoms with Gasteiger partial charge in [-0.15, -0.1) is 0 Å². The average molecular weight is 357 g/mol. The lowest BCUT2D eigenvalue weighted by molar-refractivity contribution is -0.385. The van der Waals surface area contributed by atoms with Gasteiger partial charge in [-0.05, 0) is 5.56 Å². The Hall–Kier alpha value is -3.26. The Kier molecular flexibility index (Phi) is 6.40. The molecular formula is C18H19N3O5. The maximum absolute atomic E-state index is 12.5. The van der Waals surface area contributed by atoms with Crippen LogP contribution in [0.25, 0.3) is 0 Å². The third kappa shape index (κ3) is 4.64. The summed E-state index contributed by atoms with van der Waals surface area (Å²) in [6.07, 6.45) is -1.02. The molecule has 0 unspecified atom stereocenters. The van der Waals surface area contributed by atoms with Gasteiger partial charge in [0.15, 0.2) is 6.10 Å². The van der Waals surface area contributed by atoms with Gasteiger partial charge in [0, 0.05) is 25.2 Å². The van der Waals surface area contributed by atoms with Gasteiger partial charge in [-0.2, -0.15) is 0 Å². The fourth-order valence-corrected chi connectivity index (χ4v) is 2.57. The number of rotatable bonds is 8. The molecule has 136 valence electrons. The van der Waals surface area contributed by atoms with E-state index in [1.807, 2.05) is 0 Å². The normalized spacial score (nSPS) is 12.8. The first-order chi connectivity index (χ1) is 12.4. The lowest BCUT2D eigenvalue weighted by Gasteiger charge is -2.20. The van der Waals surface area contributed by atoms with Crippen LogP contribution >= 0.6 is 0 Å². The second-order valence-electron chi connectivity index (χ2n) is 5.58. The number of nitro benzene ring substituents is 1. The van der Waals surface area contributed by atoms with Crippen LogP contribution in [0.4, 0.5) is 5.69 Å². The fourth-order valence-electron chi connectivity index (χ4n) is 2.57. The van der Waals surface area contributed by atoms with Crippen LogP contribution < -0.4 is 11.1 Å². The zero-order valence-corrected chi connectivity index (χ0v) is 14.1. The zero-order chi connectivity index (χ0) is 19.1. The van der Waals surface area contributed by atoms with Gasteiger partial charge in [-0.1, -0.05) is 48.5 Å². The van der Waals surface area contributed by atoms with Crippen molar-refractivity contribution in [2.45, 2.75) is 18.6 Å². The number of ether oxygens (including phenoxy) is 1. The van der Waals surface area contributed by atoms with Gasteiger partial charge in [0.05, 0.1) is 4.92 Å². The van der Waals surface area contributed by atoms with Gasteiger partial charge in [0.2, 0.25) is 5.91 Å². The van der Waals surface area contributed by atoms with Crippen LogP contribution in [0, 0.1) is 10.1 Å². The lowest BCUT2D eigenvalue weighted by atomic mass is 10.0. The third-order valence-corrected chi connectivity index (χ3v) is 3.85. The summed E-state index contributed by atoms with van der Waals surface area (Å²) in [6, 6.07) is 13.6. The first-order valence-electron chi connectivity index (χ1n) is 7.83. The summed E-state index contributed by atoms with van der Waals surface area (Å²) in [5.41, 5.74) is 6.15. The highest BCUT2D eigenvalue weighted by Gasteiger charge is 2.27. The number of carbonyl (C=O) groups is 2. The Morgan fingerprint density at radius 1 is 1.15 bits per heavy atom. The zero-order valence-electron chi connectivity index (χ0n) is 14.1. The molecule has 8 nitrogen and oxygen atoms in total. The second-order valence-corrected chi connectivity index (χ2v) is 5.58. The van der Waals surface area contributed by atoms with Crippen molar-refractivity contribution in [2.75, 3.05) is 7.11 Å². The van der Waals surface area contributed by atoms with E-state index in [1.165, 1.54) is 25.3 Å². The van der Waals surface area contributed by atoms with Crippen molar-refractivity contribution in [3.05, 3.63) is 75.8 Å².